The molecule has 32 heavy (non-hydrogen) atoms. The molecule has 2 aliphatic rings. The minimum Gasteiger partial charge on any atom is -0.395 e. The third-order valence-electron chi connectivity index (χ3n) is 5.15. The van der Waals surface area contributed by atoms with Crippen LogP contribution in [0.5, 0.6) is 11.5 Å². The number of imidazole rings is 1. The summed E-state index contributed by atoms with van der Waals surface area (Å²) in [5, 5.41) is -0.171. The van der Waals surface area contributed by atoms with Gasteiger partial charge in [-0.05, 0) is 23.8 Å². The van der Waals surface area contributed by atoms with E-state index in [0.29, 0.717) is 5.56 Å². The number of nitrogens with zero attached hydrogens (tertiary/aromatic N) is 5. The number of alkyl halides is 2. The van der Waals surface area contributed by atoms with Gasteiger partial charge in [0.15, 0.2) is 43.8 Å². The highest BCUT2D eigenvalue weighted by Gasteiger charge is 2.46. The summed E-state index contributed by atoms with van der Waals surface area (Å²) in [6.07, 6.45) is -0.841. The third-order valence-corrected chi connectivity index (χ3v) is 6.96. The molecular weight excluding hydrogens is 448 g/mol. The van der Waals surface area contributed by atoms with Crippen molar-refractivity contribution in [1.82, 2.24) is 19.5 Å². The summed E-state index contributed by atoms with van der Waals surface area (Å²) in [4.78, 5) is 26.9. The first kappa shape index (κ1) is 20.3. The molecule has 0 atom stereocenters. The SMILES string of the molecule is CCS(=O)(=O)c1c(N2Cc3cc4c(cc3C2=O)OC(F)(F)O4)nc(-c2ncccn2)n1C. The minimum atomic E-state index is -3.82. The maximum absolute atomic E-state index is 13.4. The molecule has 1 amide bonds. The normalized spacial score (nSPS) is 16.5. The Morgan fingerprint density at radius 3 is 2.47 bits per heavy atom. The van der Waals surface area contributed by atoms with E-state index in [-0.39, 0.29) is 51.9 Å². The molecule has 2 aliphatic heterocycles. The molecule has 2 aromatic heterocycles. The van der Waals surface area contributed by atoms with Crippen molar-refractivity contribution >= 4 is 21.6 Å². The van der Waals surface area contributed by atoms with Crippen LogP contribution >= 0.6 is 0 Å². The summed E-state index contributed by atoms with van der Waals surface area (Å²) in [7, 11) is -2.32. The van der Waals surface area contributed by atoms with E-state index in [2.05, 4.69) is 24.4 Å². The van der Waals surface area contributed by atoms with Crippen molar-refractivity contribution in [3.8, 4) is 23.1 Å². The monoisotopic (exact) mass is 463 g/mol. The lowest BCUT2D eigenvalue weighted by atomic mass is 10.1. The molecule has 0 unspecified atom stereocenters. The van der Waals surface area contributed by atoms with Crippen LogP contribution in [0.3, 0.4) is 0 Å². The molecule has 0 N–H and O–H groups in total. The number of aromatic nitrogens is 4. The second-order valence-electron chi connectivity index (χ2n) is 7.11. The molecule has 0 saturated heterocycles. The van der Waals surface area contributed by atoms with Gasteiger partial charge in [0.05, 0.1) is 12.3 Å². The molecule has 0 aliphatic carbocycles. The average molecular weight is 463 g/mol. The maximum atomic E-state index is 13.4. The first-order chi connectivity index (χ1) is 15.1. The first-order valence-electron chi connectivity index (χ1n) is 9.43. The molecule has 0 fully saturated rings. The van der Waals surface area contributed by atoms with Gasteiger partial charge < -0.3 is 14.0 Å². The van der Waals surface area contributed by atoms with Crippen molar-refractivity contribution in [3.63, 3.8) is 0 Å². The predicted octanol–water partition coefficient (Wildman–Crippen LogP) is 2.15. The molecule has 10 nitrogen and oxygen atoms in total. The zero-order valence-corrected chi connectivity index (χ0v) is 17.6. The zero-order valence-electron chi connectivity index (χ0n) is 16.7. The number of sulfone groups is 1. The van der Waals surface area contributed by atoms with E-state index in [9.17, 15) is 22.0 Å². The molecule has 0 saturated carbocycles. The maximum Gasteiger partial charge on any atom is 0.586 e. The van der Waals surface area contributed by atoms with Crippen LogP contribution in [0.4, 0.5) is 14.6 Å². The Morgan fingerprint density at radius 2 is 1.81 bits per heavy atom. The van der Waals surface area contributed by atoms with Crippen molar-refractivity contribution in [2.45, 2.75) is 24.8 Å². The van der Waals surface area contributed by atoms with Crippen molar-refractivity contribution in [3.05, 3.63) is 41.7 Å². The van der Waals surface area contributed by atoms with Crippen LogP contribution in [0.25, 0.3) is 11.6 Å². The number of hydrogen-bond acceptors (Lipinski definition) is 8. The molecule has 1 aromatic carbocycles. The zero-order chi connectivity index (χ0) is 22.8. The van der Waals surface area contributed by atoms with Crippen molar-refractivity contribution < 1.29 is 31.5 Å². The van der Waals surface area contributed by atoms with Gasteiger partial charge in [0.1, 0.15) is 0 Å². The topological polar surface area (TPSA) is 117 Å². The Kier molecular flexibility index (Phi) is 4.25. The van der Waals surface area contributed by atoms with Gasteiger partial charge >= 0.3 is 6.29 Å². The average Bonchev–Trinajstić information content (AvgIpc) is 3.36. The number of rotatable bonds is 4. The molecule has 0 spiro atoms. The van der Waals surface area contributed by atoms with Gasteiger partial charge in [-0.1, -0.05) is 6.92 Å². The summed E-state index contributed by atoms with van der Waals surface area (Å²) >= 11 is 0. The Balaban J connectivity index is 1.63. The van der Waals surface area contributed by atoms with Crippen LogP contribution in [-0.4, -0.2) is 45.9 Å². The highest BCUT2D eigenvalue weighted by molar-refractivity contribution is 7.91. The minimum absolute atomic E-state index is 0.0886. The first-order valence-corrected chi connectivity index (χ1v) is 11.1. The number of halogens is 2. The number of hydrogen-bond donors (Lipinski definition) is 0. The van der Waals surface area contributed by atoms with Crippen molar-refractivity contribution in [1.29, 1.82) is 0 Å². The fourth-order valence-electron chi connectivity index (χ4n) is 3.67. The van der Waals surface area contributed by atoms with E-state index in [1.807, 2.05) is 0 Å². The lowest BCUT2D eigenvalue weighted by Gasteiger charge is -2.15. The molecule has 4 heterocycles. The summed E-state index contributed by atoms with van der Waals surface area (Å²) in [5.41, 5.74) is 0.464. The number of ether oxygens (including phenoxy) is 2. The predicted molar refractivity (Wildman–Crippen MR) is 105 cm³/mol. The Labute approximate surface area is 180 Å². The Bertz CT molecular complexity index is 1370. The standard InChI is InChI=1S/C19H15F2N5O5S/c1-3-32(28,29)18-16(24-15(25(18)2)14-22-5-4-6-23-14)26-9-10-7-12-13(8-11(10)17(26)27)31-19(20,21)30-12/h4-8H,3,9H2,1-2H3. The Morgan fingerprint density at radius 1 is 1.16 bits per heavy atom. The van der Waals surface area contributed by atoms with Gasteiger partial charge in [-0.15, -0.1) is 8.78 Å². The van der Waals surface area contributed by atoms with Crippen molar-refractivity contribution in [2.75, 3.05) is 10.7 Å². The third kappa shape index (κ3) is 2.99. The number of benzene rings is 1. The molecular formula is C19H15F2N5O5S. The Hall–Kier alpha value is -3.61. The lowest BCUT2D eigenvalue weighted by Crippen LogP contribution is -2.26. The molecule has 5 rings (SSSR count). The van der Waals surface area contributed by atoms with Crippen LogP contribution < -0.4 is 14.4 Å². The highest BCUT2D eigenvalue weighted by Crippen LogP contribution is 2.45. The van der Waals surface area contributed by atoms with Crippen LogP contribution in [0, 0.1) is 0 Å². The second-order valence-corrected chi connectivity index (χ2v) is 9.31. The van der Waals surface area contributed by atoms with Crippen LogP contribution in [0.15, 0.2) is 35.6 Å². The van der Waals surface area contributed by atoms with Gasteiger partial charge in [0.25, 0.3) is 5.91 Å². The summed E-state index contributed by atoms with van der Waals surface area (Å²) in [6, 6.07) is 4.04. The number of carbonyl (C=O) groups excluding carboxylic acids is 1. The largest absolute Gasteiger partial charge is 0.586 e. The van der Waals surface area contributed by atoms with E-state index in [1.54, 1.807) is 6.07 Å². The van der Waals surface area contributed by atoms with E-state index in [0.717, 1.165) is 6.07 Å². The summed E-state index contributed by atoms with van der Waals surface area (Å²) < 4.78 is 62.7. The molecule has 3 aromatic rings. The fourth-order valence-corrected chi connectivity index (χ4v) is 4.88. The second kappa shape index (κ2) is 6.69. The lowest BCUT2D eigenvalue weighted by molar-refractivity contribution is -0.286. The van der Waals surface area contributed by atoms with Gasteiger partial charge in [-0.2, -0.15) is 0 Å². The van der Waals surface area contributed by atoms with E-state index >= 15 is 0 Å². The molecule has 0 radical (unpaired) electrons. The van der Waals surface area contributed by atoms with E-state index in [1.165, 1.54) is 41.9 Å². The van der Waals surface area contributed by atoms with Crippen LogP contribution in [0.1, 0.15) is 22.8 Å². The van der Waals surface area contributed by atoms with Crippen LogP contribution in [-0.2, 0) is 23.4 Å². The van der Waals surface area contributed by atoms with E-state index in [4.69, 9.17) is 0 Å². The number of anilines is 1. The highest BCUT2D eigenvalue weighted by atomic mass is 32.2. The number of amides is 1. The number of carbonyl (C=O) groups is 1. The van der Waals surface area contributed by atoms with Crippen LogP contribution in [0.2, 0.25) is 0 Å². The van der Waals surface area contributed by atoms with Crippen molar-refractivity contribution in [2.24, 2.45) is 7.05 Å². The molecule has 0 bridgehead atoms. The van der Waals surface area contributed by atoms with Gasteiger partial charge in [0, 0.05) is 25.0 Å². The van der Waals surface area contributed by atoms with Gasteiger partial charge in [-0.3, -0.25) is 9.69 Å². The van der Waals surface area contributed by atoms with E-state index < -0.39 is 22.0 Å². The fraction of sp³-hybridized carbons (Fsp3) is 0.263. The van der Waals surface area contributed by atoms with Gasteiger partial charge in [-0.25, -0.2) is 23.4 Å². The smallest absolute Gasteiger partial charge is 0.395 e. The summed E-state index contributed by atoms with van der Waals surface area (Å²) in [6.45, 7) is 1.39. The molecule has 13 heteroatoms. The summed E-state index contributed by atoms with van der Waals surface area (Å²) in [5.74, 6) is -1.06. The quantitative estimate of drug-likeness (QED) is 0.578. The number of fused-ring (bicyclic) bond motifs is 2. The van der Waals surface area contributed by atoms with Gasteiger partial charge in [0.2, 0.25) is 0 Å². The molecule has 166 valence electrons.